The first-order valence-electron chi connectivity index (χ1n) is 11.9. The van der Waals surface area contributed by atoms with Gasteiger partial charge in [0.1, 0.15) is 0 Å². The van der Waals surface area contributed by atoms with Gasteiger partial charge in [0.2, 0.25) is 0 Å². The molecule has 2 aromatic carbocycles. The molecule has 2 atom stereocenters. The molecule has 1 aliphatic heterocycles. The van der Waals surface area contributed by atoms with E-state index in [0.29, 0.717) is 16.1 Å². The number of carbonyl (C=O) groups is 2. The SMILES string of the molecule is O=C(NC1CCCCC1NC(=O)c1ccc2c(Cl)c[nH]c2c1)c1ccc(N2CCOCC2)cc1. The van der Waals surface area contributed by atoms with Crippen LogP contribution in [0, 0.1) is 0 Å². The maximum Gasteiger partial charge on any atom is 0.251 e. The summed E-state index contributed by atoms with van der Waals surface area (Å²) in [5.74, 6) is -0.254. The Morgan fingerprint density at radius 1 is 0.912 bits per heavy atom. The molecule has 0 spiro atoms. The van der Waals surface area contributed by atoms with Crippen LogP contribution in [0.4, 0.5) is 5.69 Å². The second-order valence-corrected chi connectivity index (χ2v) is 9.39. The van der Waals surface area contributed by atoms with E-state index in [1.165, 1.54) is 0 Å². The largest absolute Gasteiger partial charge is 0.378 e. The number of halogens is 1. The lowest BCUT2D eigenvalue weighted by atomic mass is 9.89. The normalized spacial score (nSPS) is 20.8. The first kappa shape index (κ1) is 22.7. The van der Waals surface area contributed by atoms with Gasteiger partial charge in [0.25, 0.3) is 11.8 Å². The number of rotatable bonds is 5. The summed E-state index contributed by atoms with van der Waals surface area (Å²) in [6.45, 7) is 3.17. The number of anilines is 1. The van der Waals surface area contributed by atoms with Crippen LogP contribution in [0.3, 0.4) is 0 Å². The minimum absolute atomic E-state index is 0.104. The van der Waals surface area contributed by atoms with Crippen LogP contribution >= 0.6 is 11.6 Å². The Morgan fingerprint density at radius 2 is 1.53 bits per heavy atom. The molecule has 0 bridgehead atoms. The Balaban J connectivity index is 1.23. The molecule has 1 saturated carbocycles. The Labute approximate surface area is 203 Å². The van der Waals surface area contributed by atoms with E-state index < -0.39 is 0 Å². The van der Waals surface area contributed by atoms with Crippen LogP contribution < -0.4 is 15.5 Å². The molecule has 8 heteroatoms. The molecule has 7 nitrogen and oxygen atoms in total. The van der Waals surface area contributed by atoms with Crippen LogP contribution in [0.2, 0.25) is 5.02 Å². The maximum absolute atomic E-state index is 13.0. The lowest BCUT2D eigenvalue weighted by molar-refractivity contribution is 0.0863. The molecular weight excluding hydrogens is 452 g/mol. The van der Waals surface area contributed by atoms with Crippen molar-refractivity contribution in [3.8, 4) is 0 Å². The molecule has 2 amide bonds. The number of aromatic amines is 1. The van der Waals surface area contributed by atoms with Gasteiger partial charge in [-0.25, -0.2) is 0 Å². The summed E-state index contributed by atoms with van der Waals surface area (Å²) in [5, 5.41) is 7.83. The summed E-state index contributed by atoms with van der Waals surface area (Å²) in [4.78, 5) is 31.3. The van der Waals surface area contributed by atoms with Gasteiger partial charge in [-0.05, 0) is 49.2 Å². The Morgan fingerprint density at radius 3 is 2.21 bits per heavy atom. The summed E-state index contributed by atoms with van der Waals surface area (Å²) in [6, 6.07) is 12.9. The fourth-order valence-corrected chi connectivity index (χ4v) is 5.08. The monoisotopic (exact) mass is 480 g/mol. The third kappa shape index (κ3) is 4.91. The second kappa shape index (κ2) is 10.1. The van der Waals surface area contributed by atoms with Gasteiger partial charge < -0.3 is 25.3 Å². The number of nitrogens with zero attached hydrogens (tertiary/aromatic N) is 1. The van der Waals surface area contributed by atoms with Gasteiger partial charge in [0, 0.05) is 59.1 Å². The van der Waals surface area contributed by atoms with E-state index in [1.54, 1.807) is 12.3 Å². The van der Waals surface area contributed by atoms with Gasteiger partial charge in [0.05, 0.1) is 18.2 Å². The number of carbonyl (C=O) groups excluding carboxylic acids is 2. The number of morpholine rings is 1. The fourth-order valence-electron chi connectivity index (χ4n) is 4.86. The van der Waals surface area contributed by atoms with E-state index in [0.717, 1.165) is 68.6 Å². The zero-order chi connectivity index (χ0) is 23.5. The summed E-state index contributed by atoms with van der Waals surface area (Å²) < 4.78 is 5.41. The molecule has 5 rings (SSSR count). The van der Waals surface area contributed by atoms with Crippen molar-refractivity contribution < 1.29 is 14.3 Å². The van der Waals surface area contributed by atoms with E-state index in [4.69, 9.17) is 16.3 Å². The van der Waals surface area contributed by atoms with Crippen LogP contribution in [0.1, 0.15) is 46.4 Å². The van der Waals surface area contributed by atoms with Crippen LogP contribution in [0.5, 0.6) is 0 Å². The summed E-state index contributed by atoms with van der Waals surface area (Å²) in [6.07, 6.45) is 5.45. The first-order valence-corrected chi connectivity index (χ1v) is 12.3. The molecule has 3 aromatic rings. The first-order chi connectivity index (χ1) is 16.6. The third-order valence-corrected chi connectivity index (χ3v) is 7.11. The smallest absolute Gasteiger partial charge is 0.251 e. The van der Waals surface area contributed by atoms with Crippen molar-refractivity contribution in [2.45, 2.75) is 37.8 Å². The summed E-state index contributed by atoms with van der Waals surface area (Å²) in [5.41, 5.74) is 3.12. The minimum Gasteiger partial charge on any atom is -0.378 e. The third-order valence-electron chi connectivity index (χ3n) is 6.80. The quantitative estimate of drug-likeness (QED) is 0.512. The van der Waals surface area contributed by atoms with Crippen molar-refractivity contribution in [3.05, 3.63) is 64.8 Å². The number of ether oxygens (including phenoxy) is 1. The number of aromatic nitrogens is 1. The van der Waals surface area contributed by atoms with E-state index in [2.05, 4.69) is 20.5 Å². The van der Waals surface area contributed by atoms with Gasteiger partial charge in [0.15, 0.2) is 0 Å². The van der Waals surface area contributed by atoms with Gasteiger partial charge in [-0.2, -0.15) is 0 Å². The maximum atomic E-state index is 13.0. The molecule has 34 heavy (non-hydrogen) atoms. The Kier molecular flexibility index (Phi) is 6.74. The molecule has 3 N–H and O–H groups in total. The molecule has 1 aliphatic carbocycles. The summed E-state index contributed by atoms with van der Waals surface area (Å²) in [7, 11) is 0. The van der Waals surface area contributed by atoms with Gasteiger partial charge in [-0.15, -0.1) is 0 Å². The average molecular weight is 481 g/mol. The number of benzene rings is 2. The van der Waals surface area contributed by atoms with Crippen LogP contribution in [-0.4, -0.2) is 55.2 Å². The van der Waals surface area contributed by atoms with Crippen molar-refractivity contribution in [1.82, 2.24) is 15.6 Å². The van der Waals surface area contributed by atoms with E-state index >= 15 is 0 Å². The van der Waals surface area contributed by atoms with Crippen molar-refractivity contribution in [3.63, 3.8) is 0 Å². The molecule has 1 aromatic heterocycles. The molecule has 0 radical (unpaired) electrons. The Bertz CT molecular complexity index is 1170. The molecule has 2 fully saturated rings. The fraction of sp³-hybridized carbons (Fsp3) is 0.385. The predicted octanol–water partition coefficient (Wildman–Crippen LogP) is 4.13. The molecule has 178 valence electrons. The topological polar surface area (TPSA) is 86.5 Å². The highest BCUT2D eigenvalue weighted by Gasteiger charge is 2.28. The predicted molar refractivity (Wildman–Crippen MR) is 134 cm³/mol. The van der Waals surface area contributed by atoms with Crippen molar-refractivity contribution in [2.24, 2.45) is 0 Å². The number of fused-ring (bicyclic) bond motifs is 1. The standard InChI is InChI=1S/C26H29ClN4O3/c27-21-16-28-24-15-18(7-10-20(21)24)26(33)30-23-4-2-1-3-22(23)29-25(32)17-5-8-19(9-6-17)31-11-13-34-14-12-31/h5-10,15-16,22-23,28H,1-4,11-14H2,(H,29,32)(H,30,33). The van der Waals surface area contributed by atoms with Gasteiger partial charge in [-0.3, -0.25) is 9.59 Å². The average Bonchev–Trinajstić information content (AvgIpc) is 3.25. The van der Waals surface area contributed by atoms with E-state index in [1.807, 2.05) is 36.4 Å². The van der Waals surface area contributed by atoms with Crippen molar-refractivity contribution in [2.75, 3.05) is 31.2 Å². The van der Waals surface area contributed by atoms with E-state index in [-0.39, 0.29) is 23.9 Å². The molecule has 2 heterocycles. The zero-order valence-corrected chi connectivity index (χ0v) is 19.7. The number of H-pyrrole nitrogens is 1. The van der Waals surface area contributed by atoms with Gasteiger partial charge >= 0.3 is 0 Å². The number of amides is 2. The van der Waals surface area contributed by atoms with E-state index in [9.17, 15) is 9.59 Å². The van der Waals surface area contributed by atoms with Crippen molar-refractivity contribution >= 4 is 40.0 Å². The lowest BCUT2D eigenvalue weighted by Crippen LogP contribution is -2.53. The highest BCUT2D eigenvalue weighted by molar-refractivity contribution is 6.35. The second-order valence-electron chi connectivity index (χ2n) is 8.99. The van der Waals surface area contributed by atoms with Gasteiger partial charge in [-0.1, -0.05) is 30.5 Å². The van der Waals surface area contributed by atoms with Crippen LogP contribution in [-0.2, 0) is 4.74 Å². The molecule has 2 unspecified atom stereocenters. The van der Waals surface area contributed by atoms with Crippen LogP contribution in [0.15, 0.2) is 48.7 Å². The number of hydrogen-bond donors (Lipinski definition) is 3. The molecule has 2 aliphatic rings. The number of hydrogen-bond acceptors (Lipinski definition) is 4. The zero-order valence-electron chi connectivity index (χ0n) is 19.0. The highest BCUT2D eigenvalue weighted by atomic mass is 35.5. The molecule has 1 saturated heterocycles. The molecular formula is C26H29ClN4O3. The lowest BCUT2D eigenvalue weighted by Gasteiger charge is -2.33. The Hall–Kier alpha value is -3.03. The highest BCUT2D eigenvalue weighted by Crippen LogP contribution is 2.25. The summed E-state index contributed by atoms with van der Waals surface area (Å²) >= 11 is 6.15. The van der Waals surface area contributed by atoms with Crippen molar-refractivity contribution in [1.29, 1.82) is 0 Å². The van der Waals surface area contributed by atoms with Crippen LogP contribution in [0.25, 0.3) is 10.9 Å². The number of nitrogens with one attached hydrogen (secondary N) is 3. The minimum atomic E-state index is -0.145.